The molecule has 0 radical (unpaired) electrons. The van der Waals surface area contributed by atoms with Crippen molar-refractivity contribution in [2.75, 3.05) is 12.0 Å². The van der Waals surface area contributed by atoms with Crippen LogP contribution < -0.4 is 4.90 Å². The lowest BCUT2D eigenvalue weighted by molar-refractivity contribution is -0.142. The summed E-state index contributed by atoms with van der Waals surface area (Å²) in [6, 6.07) is 6.25. The number of benzene rings is 1. The first-order chi connectivity index (χ1) is 10.3. The Morgan fingerprint density at radius 2 is 2.14 bits per heavy atom. The molecule has 0 fully saturated rings. The highest BCUT2D eigenvalue weighted by molar-refractivity contribution is 5.82. The Kier molecular flexibility index (Phi) is 4.84. The third-order valence-corrected chi connectivity index (χ3v) is 4.85. The Hall–Kier alpha value is -1.51. The first-order valence-corrected chi connectivity index (χ1v) is 8.30. The third-order valence-electron chi connectivity index (χ3n) is 4.85. The lowest BCUT2D eigenvalue weighted by Crippen LogP contribution is -2.56. The molecule has 1 aliphatic rings. The number of nitrogens with zero attached hydrogens (tertiary/aromatic N) is 1. The second kappa shape index (κ2) is 6.31. The molecule has 3 nitrogen and oxygen atoms in total. The Labute approximate surface area is 134 Å². The number of anilines is 1. The van der Waals surface area contributed by atoms with Crippen molar-refractivity contribution in [3.05, 3.63) is 29.3 Å². The molecule has 0 amide bonds. The topological polar surface area (TPSA) is 29.5 Å². The molecule has 2 rings (SSSR count). The van der Waals surface area contributed by atoms with E-state index in [1.54, 1.807) is 0 Å². The minimum absolute atomic E-state index is 0.0629. The van der Waals surface area contributed by atoms with Gasteiger partial charge in [0.15, 0.2) is 0 Å². The summed E-state index contributed by atoms with van der Waals surface area (Å²) in [6.45, 7) is 11.0. The van der Waals surface area contributed by atoms with E-state index in [1.807, 2.05) is 0 Å². The number of hydrogen-bond donors (Lipinski definition) is 0. The molecule has 1 aromatic rings. The molecule has 0 saturated heterocycles. The fourth-order valence-corrected chi connectivity index (χ4v) is 4.01. The van der Waals surface area contributed by atoms with Crippen molar-refractivity contribution in [2.24, 2.45) is 0 Å². The smallest absolute Gasteiger partial charge is 0.328 e. The van der Waals surface area contributed by atoms with Crippen LogP contribution in [0.3, 0.4) is 0 Å². The summed E-state index contributed by atoms with van der Waals surface area (Å²) in [7, 11) is 1.49. The molecule has 1 aliphatic heterocycles. The average Bonchev–Trinajstić information content (AvgIpc) is 2.45. The van der Waals surface area contributed by atoms with Crippen molar-refractivity contribution in [2.45, 2.75) is 71.4 Å². The second-order valence-electron chi connectivity index (χ2n) is 7.13. The number of aryl methyl sites for hydroxylation is 1. The van der Waals surface area contributed by atoms with Gasteiger partial charge in [0.1, 0.15) is 6.04 Å². The number of methoxy groups -OCH3 is 1. The Balaban J connectivity index is 2.61. The molecule has 22 heavy (non-hydrogen) atoms. The van der Waals surface area contributed by atoms with Crippen molar-refractivity contribution >= 4 is 11.7 Å². The van der Waals surface area contributed by atoms with Crippen LogP contribution in [0.4, 0.5) is 5.69 Å². The first kappa shape index (κ1) is 16.9. The highest BCUT2D eigenvalue weighted by Crippen LogP contribution is 2.46. The van der Waals surface area contributed by atoms with E-state index in [4.69, 9.17) is 4.74 Å². The predicted molar refractivity (Wildman–Crippen MR) is 91.5 cm³/mol. The number of esters is 1. The monoisotopic (exact) mass is 303 g/mol. The molecule has 0 spiro atoms. The maximum atomic E-state index is 12.4. The molecule has 2 atom stereocenters. The number of carbonyl (C=O) groups is 1. The summed E-state index contributed by atoms with van der Waals surface area (Å²) in [6.07, 6.45) is 2.82. The Bertz CT molecular complexity index is 550. The minimum atomic E-state index is -0.211. The fourth-order valence-electron chi connectivity index (χ4n) is 4.01. The standard InChI is InChI=1S/C19H29NO2/c1-7-9-16(18(21)22-6)20-17-13(2)10-8-11-15(17)14(3)12-19(20,4)5/h8,10-11,14,16H,7,9,12H2,1-6H3/t14-,16-/m1/s1. The van der Waals surface area contributed by atoms with Gasteiger partial charge < -0.3 is 9.64 Å². The van der Waals surface area contributed by atoms with Crippen LogP contribution in [0.15, 0.2) is 18.2 Å². The van der Waals surface area contributed by atoms with E-state index in [1.165, 1.54) is 23.9 Å². The first-order valence-electron chi connectivity index (χ1n) is 8.30. The van der Waals surface area contributed by atoms with Crippen LogP contribution in [0.25, 0.3) is 0 Å². The molecule has 0 saturated carbocycles. The summed E-state index contributed by atoms with van der Waals surface area (Å²) in [5.41, 5.74) is 3.76. The summed E-state index contributed by atoms with van der Waals surface area (Å²) < 4.78 is 5.11. The second-order valence-corrected chi connectivity index (χ2v) is 7.13. The van der Waals surface area contributed by atoms with Crippen LogP contribution in [0, 0.1) is 6.92 Å². The number of carbonyl (C=O) groups excluding carboxylic acids is 1. The third kappa shape index (κ3) is 2.86. The molecule has 0 aromatic heterocycles. The predicted octanol–water partition coefficient (Wildman–Crippen LogP) is 4.43. The molecule has 0 bridgehead atoms. The normalized spacial score (nSPS) is 21.2. The fraction of sp³-hybridized carbons (Fsp3) is 0.632. The molecule has 1 heterocycles. The zero-order chi connectivity index (χ0) is 16.5. The molecule has 0 N–H and O–H groups in total. The number of fused-ring (bicyclic) bond motifs is 1. The molecule has 0 unspecified atom stereocenters. The van der Waals surface area contributed by atoms with Gasteiger partial charge in [-0.15, -0.1) is 0 Å². The van der Waals surface area contributed by atoms with Crippen molar-refractivity contribution in [1.29, 1.82) is 0 Å². The number of rotatable bonds is 4. The van der Waals surface area contributed by atoms with Crippen molar-refractivity contribution in [3.8, 4) is 0 Å². The van der Waals surface area contributed by atoms with E-state index in [2.05, 4.69) is 57.7 Å². The van der Waals surface area contributed by atoms with E-state index in [0.717, 1.165) is 19.3 Å². The Morgan fingerprint density at radius 1 is 1.45 bits per heavy atom. The summed E-state index contributed by atoms with van der Waals surface area (Å²) >= 11 is 0. The molecule has 3 heteroatoms. The van der Waals surface area contributed by atoms with E-state index >= 15 is 0 Å². The lowest BCUT2D eigenvalue weighted by Gasteiger charge is -2.51. The van der Waals surface area contributed by atoms with Gasteiger partial charge in [-0.05, 0) is 50.7 Å². The SMILES string of the molecule is CCC[C@H](C(=O)OC)N1c2c(C)cccc2[C@H](C)CC1(C)C. The van der Waals surface area contributed by atoms with Crippen molar-refractivity contribution < 1.29 is 9.53 Å². The summed E-state index contributed by atoms with van der Waals surface area (Å²) in [4.78, 5) is 14.8. The van der Waals surface area contributed by atoms with Gasteiger partial charge in [-0.1, -0.05) is 38.5 Å². The molecule has 1 aromatic carbocycles. The van der Waals surface area contributed by atoms with Crippen LogP contribution in [0.1, 0.15) is 64.0 Å². The van der Waals surface area contributed by atoms with E-state index in [9.17, 15) is 4.79 Å². The van der Waals surface area contributed by atoms with Gasteiger partial charge in [0, 0.05) is 11.2 Å². The summed E-state index contributed by atoms with van der Waals surface area (Å²) in [5.74, 6) is 0.375. The maximum absolute atomic E-state index is 12.4. The van der Waals surface area contributed by atoms with Crippen LogP contribution >= 0.6 is 0 Å². The van der Waals surface area contributed by atoms with Gasteiger partial charge >= 0.3 is 5.97 Å². The van der Waals surface area contributed by atoms with Gasteiger partial charge in [-0.2, -0.15) is 0 Å². The van der Waals surface area contributed by atoms with E-state index < -0.39 is 0 Å². The molecule has 0 aliphatic carbocycles. The van der Waals surface area contributed by atoms with Gasteiger partial charge in [0.25, 0.3) is 0 Å². The zero-order valence-electron chi connectivity index (χ0n) is 14.8. The number of hydrogen-bond acceptors (Lipinski definition) is 3. The Morgan fingerprint density at radius 3 is 2.73 bits per heavy atom. The van der Waals surface area contributed by atoms with Crippen LogP contribution in [0.2, 0.25) is 0 Å². The highest BCUT2D eigenvalue weighted by atomic mass is 16.5. The molecule has 122 valence electrons. The van der Waals surface area contributed by atoms with Crippen LogP contribution in [0.5, 0.6) is 0 Å². The average molecular weight is 303 g/mol. The largest absolute Gasteiger partial charge is 0.467 e. The van der Waals surface area contributed by atoms with Gasteiger partial charge in [0.05, 0.1) is 7.11 Å². The highest BCUT2D eigenvalue weighted by Gasteiger charge is 2.43. The van der Waals surface area contributed by atoms with Crippen LogP contribution in [-0.4, -0.2) is 24.7 Å². The van der Waals surface area contributed by atoms with Gasteiger partial charge in [-0.25, -0.2) is 4.79 Å². The van der Waals surface area contributed by atoms with Crippen molar-refractivity contribution in [1.82, 2.24) is 0 Å². The van der Waals surface area contributed by atoms with Crippen LogP contribution in [-0.2, 0) is 9.53 Å². The van der Waals surface area contributed by atoms with E-state index in [0.29, 0.717) is 5.92 Å². The number of para-hydroxylation sites is 1. The van der Waals surface area contributed by atoms with Crippen molar-refractivity contribution in [3.63, 3.8) is 0 Å². The van der Waals surface area contributed by atoms with E-state index in [-0.39, 0.29) is 17.6 Å². The summed E-state index contributed by atoms with van der Waals surface area (Å²) in [5, 5.41) is 0. The number of ether oxygens (including phenoxy) is 1. The minimum Gasteiger partial charge on any atom is -0.467 e. The lowest BCUT2D eigenvalue weighted by atomic mass is 9.78. The maximum Gasteiger partial charge on any atom is 0.328 e. The van der Waals surface area contributed by atoms with Gasteiger partial charge in [-0.3, -0.25) is 0 Å². The molecular formula is C19H29NO2. The molecular weight excluding hydrogens is 274 g/mol. The quantitative estimate of drug-likeness (QED) is 0.771. The zero-order valence-corrected chi connectivity index (χ0v) is 14.8. The van der Waals surface area contributed by atoms with Gasteiger partial charge in [0.2, 0.25) is 0 Å².